The fraction of sp³-hybridized carbons (Fsp3) is 0.417. The van der Waals surface area contributed by atoms with Crippen molar-refractivity contribution in [3.05, 3.63) is 23.5 Å². The molecule has 0 saturated carbocycles. The van der Waals surface area contributed by atoms with Gasteiger partial charge in [-0.3, -0.25) is 14.6 Å². The lowest BCUT2D eigenvalue weighted by molar-refractivity contribution is -0.141. The van der Waals surface area contributed by atoms with Gasteiger partial charge in [-0.1, -0.05) is 0 Å². The predicted octanol–water partition coefficient (Wildman–Crippen LogP) is 1.14. The van der Waals surface area contributed by atoms with Gasteiger partial charge in [0.1, 0.15) is 0 Å². The Morgan fingerprint density at radius 1 is 1.41 bits per heavy atom. The average molecular weight is 234 g/mol. The number of anilines is 1. The number of hydrogen-bond donors (Lipinski definition) is 1. The summed E-state index contributed by atoms with van der Waals surface area (Å²) in [4.78, 5) is 28.4. The van der Waals surface area contributed by atoms with Crippen LogP contribution in [-0.4, -0.2) is 28.5 Å². The number of hydrogen-bond acceptors (Lipinski definition) is 3. The van der Waals surface area contributed by atoms with Gasteiger partial charge in [0.2, 0.25) is 5.91 Å². The van der Waals surface area contributed by atoms with Gasteiger partial charge in [0, 0.05) is 30.0 Å². The van der Waals surface area contributed by atoms with Crippen LogP contribution in [0.4, 0.5) is 5.69 Å². The molecule has 0 aliphatic carbocycles. The van der Waals surface area contributed by atoms with E-state index in [1.165, 1.54) is 4.90 Å². The quantitative estimate of drug-likeness (QED) is 0.832. The number of carbonyl (C=O) groups excluding carboxylic acids is 1. The van der Waals surface area contributed by atoms with Crippen LogP contribution in [0.2, 0.25) is 0 Å². The van der Waals surface area contributed by atoms with Crippen molar-refractivity contribution in [1.82, 2.24) is 4.98 Å². The first kappa shape index (κ1) is 11.6. The SMILES string of the molecule is Cc1cc(N2CC(C(=O)O)CC2=O)cc(C)n1. The lowest BCUT2D eigenvalue weighted by Crippen LogP contribution is -2.26. The Bertz CT molecular complexity index is 464. The molecule has 0 aromatic carbocycles. The van der Waals surface area contributed by atoms with Crippen LogP contribution in [0, 0.1) is 19.8 Å². The van der Waals surface area contributed by atoms with Crippen molar-refractivity contribution in [2.75, 3.05) is 11.4 Å². The molecule has 1 amide bonds. The van der Waals surface area contributed by atoms with E-state index in [4.69, 9.17) is 5.11 Å². The number of amides is 1. The minimum Gasteiger partial charge on any atom is -0.481 e. The van der Waals surface area contributed by atoms with E-state index in [9.17, 15) is 9.59 Å². The summed E-state index contributed by atoms with van der Waals surface area (Å²) in [5, 5.41) is 8.91. The number of aryl methyl sites for hydroxylation is 2. The summed E-state index contributed by atoms with van der Waals surface area (Å²) >= 11 is 0. The number of pyridine rings is 1. The van der Waals surface area contributed by atoms with Gasteiger partial charge < -0.3 is 10.0 Å². The molecule has 2 rings (SSSR count). The third kappa shape index (κ3) is 2.27. The van der Waals surface area contributed by atoms with Crippen molar-refractivity contribution in [2.24, 2.45) is 5.92 Å². The van der Waals surface area contributed by atoms with Crippen LogP contribution in [0.3, 0.4) is 0 Å². The van der Waals surface area contributed by atoms with Gasteiger partial charge in [0.15, 0.2) is 0 Å². The molecule has 1 aliphatic rings. The van der Waals surface area contributed by atoms with E-state index < -0.39 is 11.9 Å². The summed E-state index contributed by atoms with van der Waals surface area (Å²) in [6, 6.07) is 3.60. The molecule has 1 aromatic heterocycles. The van der Waals surface area contributed by atoms with E-state index in [1.807, 2.05) is 13.8 Å². The number of carboxylic acids is 1. The smallest absolute Gasteiger partial charge is 0.308 e. The maximum absolute atomic E-state index is 11.8. The van der Waals surface area contributed by atoms with Crippen molar-refractivity contribution in [3.63, 3.8) is 0 Å². The lowest BCUT2D eigenvalue weighted by Gasteiger charge is -2.17. The molecular weight excluding hydrogens is 220 g/mol. The summed E-state index contributed by atoms with van der Waals surface area (Å²) in [5.74, 6) is -1.65. The number of nitrogens with zero attached hydrogens (tertiary/aromatic N) is 2. The fourth-order valence-electron chi connectivity index (χ4n) is 2.09. The molecule has 1 unspecified atom stereocenters. The largest absolute Gasteiger partial charge is 0.481 e. The van der Waals surface area contributed by atoms with Crippen LogP contribution < -0.4 is 4.90 Å². The maximum atomic E-state index is 11.8. The van der Waals surface area contributed by atoms with Crippen LogP contribution in [0.25, 0.3) is 0 Å². The first-order valence-electron chi connectivity index (χ1n) is 5.46. The molecule has 0 spiro atoms. The van der Waals surface area contributed by atoms with E-state index in [0.717, 1.165) is 17.1 Å². The zero-order chi connectivity index (χ0) is 12.6. The predicted molar refractivity (Wildman–Crippen MR) is 61.8 cm³/mol. The Morgan fingerprint density at radius 2 is 2.00 bits per heavy atom. The summed E-state index contributed by atoms with van der Waals surface area (Å²) < 4.78 is 0. The van der Waals surface area contributed by atoms with Crippen molar-refractivity contribution in [3.8, 4) is 0 Å². The first-order chi connectivity index (χ1) is 7.97. The molecule has 17 heavy (non-hydrogen) atoms. The van der Waals surface area contributed by atoms with Crippen LogP contribution >= 0.6 is 0 Å². The second kappa shape index (κ2) is 4.16. The molecule has 1 aliphatic heterocycles. The monoisotopic (exact) mass is 234 g/mol. The molecule has 90 valence electrons. The molecule has 1 atom stereocenters. The van der Waals surface area contributed by atoms with Gasteiger partial charge in [-0.25, -0.2) is 0 Å². The standard InChI is InChI=1S/C12H14N2O3/c1-7-3-10(4-8(2)13-7)14-6-9(12(16)17)5-11(14)15/h3-4,9H,5-6H2,1-2H3,(H,16,17). The van der Waals surface area contributed by atoms with Gasteiger partial charge in [-0.15, -0.1) is 0 Å². The molecule has 0 bridgehead atoms. The number of aromatic nitrogens is 1. The fourth-order valence-corrected chi connectivity index (χ4v) is 2.09. The second-order valence-corrected chi connectivity index (χ2v) is 4.35. The minimum absolute atomic E-state index is 0.0791. The topological polar surface area (TPSA) is 70.5 Å². The van der Waals surface area contributed by atoms with Crippen LogP contribution in [0.1, 0.15) is 17.8 Å². The molecule has 2 heterocycles. The van der Waals surface area contributed by atoms with Gasteiger partial charge in [0.25, 0.3) is 0 Å². The Hall–Kier alpha value is -1.91. The van der Waals surface area contributed by atoms with Crippen molar-refractivity contribution >= 4 is 17.6 Å². The Balaban J connectivity index is 2.28. The van der Waals surface area contributed by atoms with Gasteiger partial charge in [0.05, 0.1) is 5.92 Å². The van der Waals surface area contributed by atoms with Crippen LogP contribution in [-0.2, 0) is 9.59 Å². The van der Waals surface area contributed by atoms with Crippen molar-refractivity contribution < 1.29 is 14.7 Å². The number of carbonyl (C=O) groups is 2. The molecule has 1 aromatic rings. The Kier molecular flexibility index (Phi) is 2.83. The number of carboxylic acid groups (broad SMARTS) is 1. The molecule has 5 heteroatoms. The molecule has 1 N–H and O–H groups in total. The third-order valence-corrected chi connectivity index (χ3v) is 2.85. The summed E-state index contributed by atoms with van der Waals surface area (Å²) in [7, 11) is 0. The highest BCUT2D eigenvalue weighted by Crippen LogP contribution is 2.26. The Labute approximate surface area is 99.1 Å². The van der Waals surface area contributed by atoms with Gasteiger partial charge in [-0.05, 0) is 26.0 Å². The Morgan fingerprint density at radius 3 is 2.47 bits per heavy atom. The highest BCUT2D eigenvalue weighted by atomic mass is 16.4. The van der Waals surface area contributed by atoms with E-state index in [0.29, 0.717) is 0 Å². The second-order valence-electron chi connectivity index (χ2n) is 4.35. The molecular formula is C12H14N2O3. The summed E-state index contributed by atoms with van der Waals surface area (Å²) in [6.07, 6.45) is 0.0791. The highest BCUT2D eigenvalue weighted by molar-refractivity contribution is 5.99. The van der Waals surface area contributed by atoms with Crippen LogP contribution in [0.15, 0.2) is 12.1 Å². The zero-order valence-corrected chi connectivity index (χ0v) is 9.80. The van der Waals surface area contributed by atoms with Crippen molar-refractivity contribution in [1.29, 1.82) is 0 Å². The van der Waals surface area contributed by atoms with Crippen molar-refractivity contribution in [2.45, 2.75) is 20.3 Å². The lowest BCUT2D eigenvalue weighted by atomic mass is 10.1. The summed E-state index contributed by atoms with van der Waals surface area (Å²) in [5.41, 5.74) is 2.39. The van der Waals surface area contributed by atoms with E-state index in [2.05, 4.69) is 4.98 Å². The normalized spacial score (nSPS) is 19.8. The first-order valence-corrected chi connectivity index (χ1v) is 5.46. The van der Waals surface area contributed by atoms with Gasteiger partial charge in [-0.2, -0.15) is 0 Å². The van der Waals surface area contributed by atoms with Gasteiger partial charge >= 0.3 is 5.97 Å². The minimum atomic E-state index is -0.914. The maximum Gasteiger partial charge on any atom is 0.308 e. The molecule has 1 saturated heterocycles. The van der Waals surface area contributed by atoms with E-state index >= 15 is 0 Å². The zero-order valence-electron chi connectivity index (χ0n) is 9.80. The number of aliphatic carboxylic acids is 1. The molecule has 5 nitrogen and oxygen atoms in total. The van der Waals surface area contributed by atoms with E-state index in [1.54, 1.807) is 12.1 Å². The summed E-state index contributed by atoms with van der Waals surface area (Å²) in [6.45, 7) is 3.95. The third-order valence-electron chi connectivity index (χ3n) is 2.85. The molecule has 1 fully saturated rings. The molecule has 0 radical (unpaired) electrons. The highest BCUT2D eigenvalue weighted by Gasteiger charge is 2.35. The number of rotatable bonds is 2. The van der Waals surface area contributed by atoms with E-state index in [-0.39, 0.29) is 18.9 Å². The average Bonchev–Trinajstić information content (AvgIpc) is 2.59. The van der Waals surface area contributed by atoms with Crippen LogP contribution in [0.5, 0.6) is 0 Å².